The Bertz CT molecular complexity index is 832. The highest BCUT2D eigenvalue weighted by Gasteiger charge is 2.33. The Kier molecular flexibility index (Phi) is 4.68. The van der Waals surface area contributed by atoms with Crippen molar-refractivity contribution in [3.05, 3.63) is 28.3 Å². The molecule has 1 aliphatic heterocycles. The molecule has 0 spiro atoms. The topological polar surface area (TPSA) is 71.1 Å². The molecule has 25 heavy (non-hydrogen) atoms. The van der Waals surface area contributed by atoms with Crippen molar-refractivity contribution in [2.45, 2.75) is 38.4 Å². The molecule has 2 aromatic rings. The fourth-order valence-electron chi connectivity index (χ4n) is 2.77. The second-order valence-corrected chi connectivity index (χ2v) is 6.92. The standard InChI is InChI=1S/C16H16F3N3O2S/c1-8-9-5-6-11(16(17,18)19)22-15(9)25-12(8)14(24)21-10-4-2-3-7-20-13(10)23/h5-6,10H,2-4,7H2,1H3,(H,20,23)(H,21,24). The maximum atomic E-state index is 12.8. The van der Waals surface area contributed by atoms with E-state index in [0.717, 1.165) is 30.2 Å². The smallest absolute Gasteiger partial charge is 0.354 e. The highest BCUT2D eigenvalue weighted by atomic mass is 32.1. The summed E-state index contributed by atoms with van der Waals surface area (Å²) in [6, 6.07) is 1.60. The predicted octanol–water partition coefficient (Wildman–Crippen LogP) is 3.02. The van der Waals surface area contributed by atoms with Gasteiger partial charge in [-0.3, -0.25) is 9.59 Å². The van der Waals surface area contributed by atoms with Gasteiger partial charge in [0, 0.05) is 11.9 Å². The number of amides is 2. The molecule has 0 aromatic carbocycles. The predicted molar refractivity (Wildman–Crippen MR) is 87.5 cm³/mol. The van der Waals surface area contributed by atoms with Crippen molar-refractivity contribution in [1.82, 2.24) is 15.6 Å². The highest BCUT2D eigenvalue weighted by molar-refractivity contribution is 7.20. The van der Waals surface area contributed by atoms with E-state index in [1.165, 1.54) is 6.07 Å². The van der Waals surface area contributed by atoms with Crippen LogP contribution < -0.4 is 10.6 Å². The lowest BCUT2D eigenvalue weighted by Crippen LogP contribution is -2.45. The molecular weight excluding hydrogens is 355 g/mol. The largest absolute Gasteiger partial charge is 0.433 e. The summed E-state index contributed by atoms with van der Waals surface area (Å²) in [7, 11) is 0. The molecule has 2 aromatic heterocycles. The Hall–Kier alpha value is -2.16. The number of carbonyl (C=O) groups excluding carboxylic acids is 2. The molecule has 5 nitrogen and oxygen atoms in total. The normalized spacial score (nSPS) is 18.7. The first-order valence-electron chi connectivity index (χ1n) is 7.83. The molecule has 3 heterocycles. The fourth-order valence-corrected chi connectivity index (χ4v) is 3.86. The van der Waals surface area contributed by atoms with Crippen molar-refractivity contribution in [2.24, 2.45) is 0 Å². The summed E-state index contributed by atoms with van der Waals surface area (Å²) >= 11 is 0.902. The van der Waals surface area contributed by atoms with Crippen LogP contribution in [-0.2, 0) is 11.0 Å². The minimum atomic E-state index is -4.53. The van der Waals surface area contributed by atoms with Gasteiger partial charge in [0.2, 0.25) is 5.91 Å². The number of hydrogen-bond acceptors (Lipinski definition) is 4. The molecule has 2 amide bonds. The summed E-state index contributed by atoms with van der Waals surface area (Å²) in [5.74, 6) is -0.696. The van der Waals surface area contributed by atoms with Crippen LogP contribution in [0.3, 0.4) is 0 Å². The van der Waals surface area contributed by atoms with E-state index in [0.29, 0.717) is 23.9 Å². The van der Waals surface area contributed by atoms with Crippen LogP contribution in [0.25, 0.3) is 10.2 Å². The summed E-state index contributed by atoms with van der Waals surface area (Å²) in [5.41, 5.74) is -0.427. The van der Waals surface area contributed by atoms with E-state index >= 15 is 0 Å². The summed E-state index contributed by atoms with van der Waals surface area (Å²) in [5, 5.41) is 5.92. The summed E-state index contributed by atoms with van der Waals surface area (Å²) in [6.07, 6.45) is -2.33. The zero-order valence-corrected chi connectivity index (χ0v) is 14.2. The third-order valence-electron chi connectivity index (χ3n) is 4.14. The molecule has 0 aliphatic carbocycles. The second kappa shape index (κ2) is 6.62. The summed E-state index contributed by atoms with van der Waals surface area (Å²) in [6.45, 7) is 2.24. The van der Waals surface area contributed by atoms with Crippen LogP contribution in [-0.4, -0.2) is 29.4 Å². The number of alkyl halides is 3. The van der Waals surface area contributed by atoms with E-state index in [1.807, 2.05) is 0 Å². The lowest BCUT2D eigenvalue weighted by atomic mass is 10.1. The van der Waals surface area contributed by atoms with Gasteiger partial charge >= 0.3 is 6.18 Å². The molecular formula is C16H16F3N3O2S. The van der Waals surface area contributed by atoms with Crippen LogP contribution in [0.1, 0.15) is 40.2 Å². The van der Waals surface area contributed by atoms with Crippen LogP contribution >= 0.6 is 11.3 Å². The molecule has 1 aliphatic rings. The zero-order chi connectivity index (χ0) is 18.2. The van der Waals surface area contributed by atoms with Crippen molar-refractivity contribution in [3.8, 4) is 0 Å². The van der Waals surface area contributed by atoms with Gasteiger partial charge in [0.05, 0.1) is 4.88 Å². The van der Waals surface area contributed by atoms with Crippen molar-refractivity contribution < 1.29 is 22.8 Å². The Labute approximate surface area is 145 Å². The first kappa shape index (κ1) is 17.7. The minimum absolute atomic E-state index is 0.155. The van der Waals surface area contributed by atoms with E-state index in [9.17, 15) is 22.8 Å². The Morgan fingerprint density at radius 2 is 2.12 bits per heavy atom. The fraction of sp³-hybridized carbons (Fsp3) is 0.438. The number of rotatable bonds is 2. The minimum Gasteiger partial charge on any atom is -0.354 e. The molecule has 9 heteroatoms. The van der Waals surface area contributed by atoms with E-state index < -0.39 is 23.8 Å². The van der Waals surface area contributed by atoms with E-state index in [-0.39, 0.29) is 15.6 Å². The molecule has 1 unspecified atom stereocenters. The Morgan fingerprint density at radius 3 is 2.84 bits per heavy atom. The van der Waals surface area contributed by atoms with Gasteiger partial charge in [0.1, 0.15) is 16.6 Å². The maximum absolute atomic E-state index is 12.8. The molecule has 0 saturated carbocycles. The molecule has 1 saturated heterocycles. The lowest BCUT2D eigenvalue weighted by molar-refractivity contribution is -0.140. The first-order chi connectivity index (χ1) is 11.8. The van der Waals surface area contributed by atoms with Crippen LogP contribution in [0, 0.1) is 6.92 Å². The first-order valence-corrected chi connectivity index (χ1v) is 8.65. The zero-order valence-electron chi connectivity index (χ0n) is 13.4. The molecule has 134 valence electrons. The second-order valence-electron chi connectivity index (χ2n) is 5.92. The number of nitrogens with zero attached hydrogens (tertiary/aromatic N) is 1. The Balaban J connectivity index is 1.88. The number of thiophene rings is 1. The van der Waals surface area contributed by atoms with Crippen LogP contribution in [0.5, 0.6) is 0 Å². The molecule has 0 bridgehead atoms. The monoisotopic (exact) mass is 371 g/mol. The van der Waals surface area contributed by atoms with Gasteiger partial charge < -0.3 is 10.6 Å². The van der Waals surface area contributed by atoms with Crippen molar-refractivity contribution in [2.75, 3.05) is 6.54 Å². The van der Waals surface area contributed by atoms with Crippen molar-refractivity contribution in [3.63, 3.8) is 0 Å². The van der Waals surface area contributed by atoms with Crippen molar-refractivity contribution in [1.29, 1.82) is 0 Å². The molecule has 2 N–H and O–H groups in total. The molecule has 0 radical (unpaired) electrons. The van der Waals surface area contributed by atoms with Gasteiger partial charge in [-0.25, -0.2) is 4.98 Å². The van der Waals surface area contributed by atoms with Crippen LogP contribution in [0.15, 0.2) is 12.1 Å². The number of aromatic nitrogens is 1. The van der Waals surface area contributed by atoms with Crippen molar-refractivity contribution >= 4 is 33.4 Å². The maximum Gasteiger partial charge on any atom is 0.433 e. The van der Waals surface area contributed by atoms with Gasteiger partial charge in [0.15, 0.2) is 0 Å². The summed E-state index contributed by atoms with van der Waals surface area (Å²) < 4.78 is 38.4. The number of hydrogen-bond donors (Lipinski definition) is 2. The SMILES string of the molecule is Cc1c(C(=O)NC2CCCCNC2=O)sc2nc(C(F)(F)F)ccc12. The number of halogens is 3. The highest BCUT2D eigenvalue weighted by Crippen LogP contribution is 2.34. The number of aryl methyl sites for hydroxylation is 1. The van der Waals surface area contributed by atoms with E-state index in [1.54, 1.807) is 6.92 Å². The lowest BCUT2D eigenvalue weighted by Gasteiger charge is -2.14. The van der Waals surface area contributed by atoms with Crippen LogP contribution in [0.2, 0.25) is 0 Å². The van der Waals surface area contributed by atoms with Gasteiger partial charge in [0.25, 0.3) is 5.91 Å². The van der Waals surface area contributed by atoms with Crippen LogP contribution in [0.4, 0.5) is 13.2 Å². The van der Waals surface area contributed by atoms with Gasteiger partial charge in [-0.05, 0) is 43.9 Å². The third kappa shape index (κ3) is 3.60. The molecule has 1 atom stereocenters. The molecule has 3 rings (SSSR count). The number of nitrogens with one attached hydrogen (secondary N) is 2. The average molecular weight is 371 g/mol. The third-order valence-corrected chi connectivity index (χ3v) is 5.34. The average Bonchev–Trinajstić information content (AvgIpc) is 2.75. The number of fused-ring (bicyclic) bond motifs is 1. The van der Waals surface area contributed by atoms with E-state index in [4.69, 9.17) is 0 Å². The van der Waals surface area contributed by atoms with E-state index in [2.05, 4.69) is 15.6 Å². The van der Waals surface area contributed by atoms with Gasteiger partial charge in [-0.1, -0.05) is 0 Å². The Morgan fingerprint density at radius 1 is 1.36 bits per heavy atom. The number of pyridine rings is 1. The summed E-state index contributed by atoms with van der Waals surface area (Å²) in [4.78, 5) is 28.5. The van der Waals surface area contributed by atoms with Gasteiger partial charge in [-0.15, -0.1) is 11.3 Å². The molecule has 1 fully saturated rings. The number of carbonyl (C=O) groups is 2. The quantitative estimate of drug-likeness (QED) is 0.853. The van der Waals surface area contributed by atoms with Gasteiger partial charge in [-0.2, -0.15) is 13.2 Å².